The summed E-state index contributed by atoms with van der Waals surface area (Å²) in [4.78, 5) is 4.16. The summed E-state index contributed by atoms with van der Waals surface area (Å²) in [5, 5.41) is 11.6. The van der Waals surface area contributed by atoms with E-state index in [-0.39, 0.29) is 1.43 Å². The van der Waals surface area contributed by atoms with Gasteiger partial charge in [0.1, 0.15) is 0 Å². The van der Waals surface area contributed by atoms with E-state index in [1.807, 2.05) is 24.4 Å². The van der Waals surface area contributed by atoms with E-state index < -0.39 is 0 Å². The van der Waals surface area contributed by atoms with Gasteiger partial charge in [0, 0.05) is 12.8 Å². The number of benzene rings is 1. The van der Waals surface area contributed by atoms with Crippen molar-refractivity contribution in [3.63, 3.8) is 0 Å². The van der Waals surface area contributed by atoms with Crippen molar-refractivity contribution in [3.8, 4) is 6.07 Å². The predicted octanol–water partition coefficient (Wildman–Crippen LogP) is 4.48. The maximum absolute atomic E-state index is 8.64. The molecule has 0 saturated heterocycles. The van der Waals surface area contributed by atoms with Gasteiger partial charge in [0.05, 0.1) is 11.6 Å². The fraction of sp³-hybridized carbons (Fsp3) is 0.556. The van der Waals surface area contributed by atoms with Gasteiger partial charge in [-0.05, 0) is 29.7 Å². The molecule has 1 aromatic rings. The van der Waals surface area contributed by atoms with Gasteiger partial charge in [-0.3, -0.25) is 4.99 Å². The summed E-state index contributed by atoms with van der Waals surface area (Å²) >= 11 is 0.755. The van der Waals surface area contributed by atoms with Crippen LogP contribution in [0.4, 0.5) is 0 Å². The van der Waals surface area contributed by atoms with Crippen molar-refractivity contribution < 1.29 is 1.43 Å². The summed E-state index contributed by atoms with van der Waals surface area (Å²) < 4.78 is 0. The Morgan fingerprint density at radius 1 is 1.24 bits per heavy atom. The zero-order chi connectivity index (χ0) is 15.7. The molecule has 0 atom stereocenters. The Morgan fingerprint density at radius 2 is 1.90 bits per heavy atom. The molecule has 0 saturated carbocycles. The molecule has 0 spiro atoms. The molecule has 2 rings (SSSR count). The Bertz CT molecular complexity index is 496. The third kappa shape index (κ3) is 7.47. The van der Waals surface area contributed by atoms with Crippen molar-refractivity contribution in [2.75, 3.05) is 6.54 Å². The van der Waals surface area contributed by atoms with Gasteiger partial charge in [-0.2, -0.15) is 5.26 Å². The van der Waals surface area contributed by atoms with Gasteiger partial charge in [-0.1, -0.05) is 6.07 Å². The van der Waals surface area contributed by atoms with Crippen LogP contribution in [0.15, 0.2) is 23.2 Å². The fourth-order valence-corrected chi connectivity index (χ4v) is 3.65. The Labute approximate surface area is 137 Å². The smallest absolute Gasteiger partial charge is 0.0991 e. The molecule has 1 aromatic carbocycles. The normalized spacial score (nSPS) is 12.2. The molecule has 0 bridgehead atoms. The molecule has 0 unspecified atom stereocenters. The average Bonchev–Trinajstić information content (AvgIpc) is 2.46. The SMILES string of the molecule is CC(C)[CH2][Al+][CH2]C(C)C.N#Cc1ccc2c(c1)C=NCC2.[H-]. The van der Waals surface area contributed by atoms with Crippen molar-refractivity contribution in [1.29, 1.82) is 5.26 Å². The quantitative estimate of drug-likeness (QED) is 0.755. The van der Waals surface area contributed by atoms with E-state index in [1.165, 1.54) is 16.1 Å². The van der Waals surface area contributed by atoms with Crippen LogP contribution in [0.25, 0.3) is 0 Å². The first-order valence-electron chi connectivity index (χ1n) is 7.87. The second-order valence-corrected chi connectivity index (χ2v) is 7.88. The maximum atomic E-state index is 8.64. The third-order valence-corrected chi connectivity index (χ3v) is 5.84. The monoisotopic (exact) mass is 298 g/mol. The molecule has 0 amide bonds. The van der Waals surface area contributed by atoms with Crippen LogP contribution in [-0.2, 0) is 6.42 Å². The van der Waals surface area contributed by atoms with Gasteiger partial charge in [-0.15, -0.1) is 0 Å². The van der Waals surface area contributed by atoms with Crippen molar-refractivity contribution in [1.82, 2.24) is 0 Å². The largest absolute Gasteiger partial charge is 1.00 e. The maximum Gasteiger partial charge on any atom is 0.0991 e. The number of hydrogen-bond acceptors (Lipinski definition) is 2. The Balaban J connectivity index is 0.000000402. The van der Waals surface area contributed by atoms with Crippen LogP contribution in [0.2, 0.25) is 10.6 Å². The molecule has 2 nitrogen and oxygen atoms in total. The van der Waals surface area contributed by atoms with Gasteiger partial charge in [0.2, 0.25) is 0 Å². The third-order valence-electron chi connectivity index (χ3n) is 3.29. The van der Waals surface area contributed by atoms with Crippen LogP contribution in [0.1, 0.15) is 45.8 Å². The van der Waals surface area contributed by atoms with E-state index >= 15 is 0 Å². The fourth-order valence-electron chi connectivity index (χ4n) is 2.12. The van der Waals surface area contributed by atoms with Crippen LogP contribution < -0.4 is 0 Å². The number of rotatable bonds is 4. The minimum absolute atomic E-state index is 0. The predicted molar refractivity (Wildman–Crippen MR) is 93.5 cm³/mol. The molecule has 1 aliphatic heterocycles. The summed E-state index contributed by atoms with van der Waals surface area (Å²) in [6, 6.07) is 7.87. The Morgan fingerprint density at radius 3 is 2.48 bits per heavy atom. The summed E-state index contributed by atoms with van der Waals surface area (Å²) in [5.74, 6) is 1.86. The van der Waals surface area contributed by atoms with Crippen molar-refractivity contribution in [2.24, 2.45) is 16.8 Å². The molecule has 0 aromatic heterocycles. The molecular weight excluding hydrogens is 271 g/mol. The Kier molecular flexibility index (Phi) is 8.36. The van der Waals surface area contributed by atoms with Crippen LogP contribution >= 0.6 is 0 Å². The van der Waals surface area contributed by atoms with E-state index in [9.17, 15) is 0 Å². The molecule has 0 radical (unpaired) electrons. The molecule has 21 heavy (non-hydrogen) atoms. The van der Waals surface area contributed by atoms with Crippen LogP contribution in [0, 0.1) is 23.2 Å². The van der Waals surface area contributed by atoms with E-state index in [4.69, 9.17) is 5.26 Å². The molecular formula is C18H27AlN2. The molecule has 112 valence electrons. The standard InChI is InChI=1S/C10H8N2.2C4H9.Al.H/c11-6-8-1-2-9-3-4-12-7-10(9)5-8;2*1-4(2)3;;/h1-2,5,7H,3-4H2;2*4H,1H2,2-3H3;;/q;;;+1;-1. The first kappa shape index (κ1) is 18.0. The van der Waals surface area contributed by atoms with Gasteiger partial charge in [-0.25, -0.2) is 0 Å². The first-order valence-corrected chi connectivity index (χ1v) is 9.50. The molecule has 0 aliphatic carbocycles. The number of nitriles is 1. The van der Waals surface area contributed by atoms with Gasteiger partial charge in [0.25, 0.3) is 0 Å². The second-order valence-electron chi connectivity index (χ2n) is 6.36. The van der Waals surface area contributed by atoms with E-state index in [1.54, 1.807) is 0 Å². The zero-order valence-corrected chi connectivity index (χ0v) is 14.9. The number of fused-ring (bicyclic) bond motifs is 1. The summed E-state index contributed by atoms with van der Waals surface area (Å²) in [5.41, 5.74) is 3.10. The van der Waals surface area contributed by atoms with Gasteiger partial charge < -0.3 is 1.43 Å². The molecule has 3 heteroatoms. The van der Waals surface area contributed by atoms with Gasteiger partial charge >= 0.3 is 65.3 Å². The molecule has 0 fully saturated rings. The zero-order valence-electron chi connectivity index (χ0n) is 14.8. The summed E-state index contributed by atoms with van der Waals surface area (Å²) in [7, 11) is 0. The number of nitrogens with zero attached hydrogens (tertiary/aromatic N) is 2. The second kappa shape index (κ2) is 9.78. The topological polar surface area (TPSA) is 36.1 Å². The first-order chi connectivity index (χ1) is 10.0. The van der Waals surface area contributed by atoms with Crippen molar-refractivity contribution >= 4 is 21.4 Å². The van der Waals surface area contributed by atoms with Gasteiger partial charge in [0.15, 0.2) is 0 Å². The average molecular weight is 298 g/mol. The Hall–Kier alpha value is -1.09. The van der Waals surface area contributed by atoms with E-state index in [0.717, 1.165) is 45.6 Å². The van der Waals surface area contributed by atoms with Crippen molar-refractivity contribution in [3.05, 3.63) is 34.9 Å². The minimum atomic E-state index is 0. The molecule has 1 heterocycles. The minimum Gasteiger partial charge on any atom is -1.00 e. The molecule has 1 aliphatic rings. The summed E-state index contributed by atoms with van der Waals surface area (Å²) in [6.07, 6.45) is 2.84. The molecule has 0 N–H and O–H groups in total. The number of hydrogen-bond donors (Lipinski definition) is 0. The van der Waals surface area contributed by atoms with Crippen LogP contribution in [0.3, 0.4) is 0 Å². The van der Waals surface area contributed by atoms with E-state index in [0.29, 0.717) is 5.56 Å². The number of aliphatic imine (C=N–C) groups is 1. The van der Waals surface area contributed by atoms with E-state index in [2.05, 4.69) is 38.8 Å². The van der Waals surface area contributed by atoms with Crippen LogP contribution in [-0.4, -0.2) is 28.0 Å². The summed E-state index contributed by atoms with van der Waals surface area (Å²) in [6.45, 7) is 10.1. The van der Waals surface area contributed by atoms with Crippen LogP contribution in [0.5, 0.6) is 0 Å². The van der Waals surface area contributed by atoms with Crippen molar-refractivity contribution in [2.45, 2.75) is 44.7 Å².